The smallest absolute Gasteiger partial charge is 0.220 e. The number of amides is 1. The van der Waals surface area contributed by atoms with Gasteiger partial charge in [-0.2, -0.15) is 0 Å². The van der Waals surface area contributed by atoms with Crippen molar-refractivity contribution in [3.05, 3.63) is 59.9 Å². The summed E-state index contributed by atoms with van der Waals surface area (Å²) in [5.74, 6) is 0.0675. The number of hydrogen-bond acceptors (Lipinski definition) is 3. The molecule has 0 saturated heterocycles. The molecule has 0 unspecified atom stereocenters. The average Bonchev–Trinajstić information content (AvgIpc) is 2.54. The number of rotatable bonds is 6. The molecule has 1 amide bonds. The topological polar surface area (TPSA) is 45.2 Å². The van der Waals surface area contributed by atoms with Crippen LogP contribution in [0.4, 0.5) is 5.69 Å². The monoisotopic (exact) mass is 297 g/mol. The predicted molar refractivity (Wildman–Crippen MR) is 89.9 cm³/mol. The Morgan fingerprint density at radius 2 is 1.86 bits per heavy atom. The van der Waals surface area contributed by atoms with Crippen molar-refractivity contribution in [1.29, 1.82) is 0 Å². The predicted octanol–water partition coefficient (Wildman–Crippen LogP) is 2.96. The number of hydrogen-bond donors (Lipinski definition) is 1. The van der Waals surface area contributed by atoms with E-state index in [1.807, 2.05) is 45.3 Å². The summed E-state index contributed by atoms with van der Waals surface area (Å²) in [4.78, 5) is 18.2. The van der Waals surface area contributed by atoms with Gasteiger partial charge in [0.05, 0.1) is 6.04 Å². The van der Waals surface area contributed by atoms with Crippen LogP contribution in [0.3, 0.4) is 0 Å². The van der Waals surface area contributed by atoms with E-state index in [2.05, 4.69) is 27.3 Å². The van der Waals surface area contributed by atoms with E-state index >= 15 is 0 Å². The van der Waals surface area contributed by atoms with E-state index in [0.717, 1.165) is 23.2 Å². The van der Waals surface area contributed by atoms with Crippen molar-refractivity contribution >= 4 is 11.6 Å². The first-order chi connectivity index (χ1) is 10.6. The van der Waals surface area contributed by atoms with Crippen LogP contribution in [-0.2, 0) is 11.2 Å². The van der Waals surface area contributed by atoms with E-state index in [1.54, 1.807) is 12.4 Å². The molecule has 0 spiro atoms. The summed E-state index contributed by atoms with van der Waals surface area (Å²) in [6, 6.07) is 12.0. The quantitative estimate of drug-likeness (QED) is 0.891. The average molecular weight is 297 g/mol. The van der Waals surface area contributed by atoms with Gasteiger partial charge < -0.3 is 10.2 Å². The Morgan fingerprint density at radius 3 is 2.55 bits per heavy atom. The molecule has 2 aromatic rings. The maximum absolute atomic E-state index is 12.1. The Balaban J connectivity index is 1.94. The molecule has 0 aliphatic heterocycles. The highest BCUT2D eigenvalue weighted by atomic mass is 16.1. The van der Waals surface area contributed by atoms with Gasteiger partial charge in [-0.25, -0.2) is 0 Å². The maximum Gasteiger partial charge on any atom is 0.220 e. The lowest BCUT2D eigenvalue weighted by atomic mass is 10.0. The molecule has 0 saturated carbocycles. The number of aryl methyl sites for hydroxylation is 1. The van der Waals surface area contributed by atoms with Gasteiger partial charge in [-0.1, -0.05) is 18.2 Å². The van der Waals surface area contributed by atoms with Gasteiger partial charge in [0.25, 0.3) is 0 Å². The fourth-order valence-electron chi connectivity index (χ4n) is 2.46. The molecule has 0 fully saturated rings. The number of nitrogens with zero attached hydrogens (tertiary/aromatic N) is 2. The third-order valence-corrected chi connectivity index (χ3v) is 3.65. The van der Waals surface area contributed by atoms with Gasteiger partial charge in [0.1, 0.15) is 0 Å². The molecule has 1 heterocycles. The van der Waals surface area contributed by atoms with Crippen LogP contribution in [0.1, 0.15) is 30.5 Å². The van der Waals surface area contributed by atoms with Gasteiger partial charge in [-0.05, 0) is 42.7 Å². The molecule has 0 radical (unpaired) electrons. The number of benzene rings is 1. The third-order valence-electron chi connectivity index (χ3n) is 3.65. The van der Waals surface area contributed by atoms with Crippen molar-refractivity contribution in [1.82, 2.24) is 10.3 Å². The van der Waals surface area contributed by atoms with Gasteiger partial charge in [-0.3, -0.25) is 9.78 Å². The molecule has 22 heavy (non-hydrogen) atoms. The molecule has 1 N–H and O–H groups in total. The number of carbonyl (C=O) groups excluding carboxylic acids is 1. The highest BCUT2D eigenvalue weighted by Gasteiger charge is 2.13. The second-order valence-electron chi connectivity index (χ2n) is 5.60. The Kier molecular flexibility index (Phi) is 5.53. The fraction of sp³-hybridized carbons (Fsp3) is 0.333. The zero-order chi connectivity index (χ0) is 15.9. The van der Waals surface area contributed by atoms with Crippen LogP contribution < -0.4 is 10.2 Å². The minimum absolute atomic E-state index is 0.0106. The Bertz CT molecular complexity index is 611. The normalized spacial score (nSPS) is 11.8. The van der Waals surface area contributed by atoms with Crippen LogP contribution in [-0.4, -0.2) is 25.0 Å². The first-order valence-corrected chi connectivity index (χ1v) is 7.52. The largest absolute Gasteiger partial charge is 0.377 e. The zero-order valence-corrected chi connectivity index (χ0v) is 13.4. The second kappa shape index (κ2) is 7.59. The molecule has 1 aromatic heterocycles. The van der Waals surface area contributed by atoms with Gasteiger partial charge >= 0.3 is 0 Å². The number of anilines is 1. The van der Waals surface area contributed by atoms with Crippen molar-refractivity contribution in [3.8, 4) is 0 Å². The number of carbonyl (C=O) groups is 1. The summed E-state index contributed by atoms with van der Waals surface area (Å²) in [6.07, 6.45) is 4.72. The highest BCUT2D eigenvalue weighted by Crippen LogP contribution is 2.24. The Morgan fingerprint density at radius 1 is 1.18 bits per heavy atom. The molecule has 0 aliphatic rings. The minimum atomic E-state index is -0.0106. The summed E-state index contributed by atoms with van der Waals surface area (Å²) in [5.41, 5.74) is 3.39. The molecule has 1 atom stereocenters. The third kappa shape index (κ3) is 4.32. The van der Waals surface area contributed by atoms with E-state index < -0.39 is 0 Å². The van der Waals surface area contributed by atoms with Crippen molar-refractivity contribution in [2.75, 3.05) is 19.0 Å². The lowest BCUT2D eigenvalue weighted by Gasteiger charge is -2.22. The standard InChI is InChI=1S/C18H23N3O/c1-14(16-6-4-5-7-17(16)21(2)3)20-18(22)9-8-15-10-12-19-13-11-15/h4-7,10-14H,8-9H2,1-3H3,(H,20,22)/t14-/m0/s1. The summed E-state index contributed by atoms with van der Waals surface area (Å²) in [6.45, 7) is 2.02. The van der Waals surface area contributed by atoms with Crippen LogP contribution >= 0.6 is 0 Å². The summed E-state index contributed by atoms with van der Waals surface area (Å²) < 4.78 is 0. The highest BCUT2D eigenvalue weighted by molar-refractivity contribution is 5.77. The zero-order valence-electron chi connectivity index (χ0n) is 13.4. The van der Waals surface area contributed by atoms with Crippen molar-refractivity contribution in [3.63, 3.8) is 0 Å². The van der Waals surface area contributed by atoms with E-state index in [1.165, 1.54) is 0 Å². The molecular formula is C18H23N3O. The molecular weight excluding hydrogens is 274 g/mol. The van der Waals surface area contributed by atoms with Gasteiger partial charge in [-0.15, -0.1) is 0 Å². The van der Waals surface area contributed by atoms with Crippen molar-refractivity contribution in [2.24, 2.45) is 0 Å². The second-order valence-corrected chi connectivity index (χ2v) is 5.60. The molecule has 0 bridgehead atoms. The number of aromatic nitrogens is 1. The van der Waals surface area contributed by atoms with Gasteiger partial charge in [0.2, 0.25) is 5.91 Å². The molecule has 4 heteroatoms. The van der Waals surface area contributed by atoms with Crippen LogP contribution in [0.15, 0.2) is 48.8 Å². The Hall–Kier alpha value is -2.36. The van der Waals surface area contributed by atoms with Gasteiger partial charge in [0, 0.05) is 38.6 Å². The maximum atomic E-state index is 12.1. The van der Waals surface area contributed by atoms with E-state index in [0.29, 0.717) is 6.42 Å². The van der Waals surface area contributed by atoms with Gasteiger partial charge in [0.15, 0.2) is 0 Å². The van der Waals surface area contributed by atoms with Crippen LogP contribution in [0.25, 0.3) is 0 Å². The molecule has 0 aliphatic carbocycles. The van der Waals surface area contributed by atoms with E-state index in [4.69, 9.17) is 0 Å². The number of para-hydroxylation sites is 1. The minimum Gasteiger partial charge on any atom is -0.377 e. The van der Waals surface area contributed by atoms with Crippen LogP contribution in [0.5, 0.6) is 0 Å². The molecule has 116 valence electrons. The first-order valence-electron chi connectivity index (χ1n) is 7.52. The molecule has 4 nitrogen and oxygen atoms in total. The SMILES string of the molecule is C[C@H](NC(=O)CCc1ccncc1)c1ccccc1N(C)C. The summed E-state index contributed by atoms with van der Waals surface area (Å²) >= 11 is 0. The summed E-state index contributed by atoms with van der Waals surface area (Å²) in [5, 5.41) is 3.08. The molecule has 2 rings (SSSR count). The number of pyridine rings is 1. The van der Waals surface area contributed by atoms with Crippen LogP contribution in [0, 0.1) is 0 Å². The van der Waals surface area contributed by atoms with E-state index in [-0.39, 0.29) is 11.9 Å². The molecule has 1 aromatic carbocycles. The summed E-state index contributed by atoms with van der Waals surface area (Å²) in [7, 11) is 4.02. The first kappa shape index (κ1) is 16.0. The lowest BCUT2D eigenvalue weighted by molar-refractivity contribution is -0.121. The number of nitrogens with one attached hydrogen (secondary N) is 1. The Labute approximate surface area is 132 Å². The van der Waals surface area contributed by atoms with Crippen molar-refractivity contribution < 1.29 is 4.79 Å². The lowest BCUT2D eigenvalue weighted by Crippen LogP contribution is -2.28. The fourth-order valence-corrected chi connectivity index (χ4v) is 2.46. The van der Waals surface area contributed by atoms with Crippen molar-refractivity contribution in [2.45, 2.75) is 25.8 Å². The van der Waals surface area contributed by atoms with E-state index in [9.17, 15) is 4.79 Å². The van der Waals surface area contributed by atoms with Crippen LogP contribution in [0.2, 0.25) is 0 Å².